The minimum absolute atomic E-state index is 0.0962. The van der Waals surface area contributed by atoms with Crippen molar-refractivity contribution >= 4 is 29.0 Å². The third kappa shape index (κ3) is 2.34. The monoisotopic (exact) mass is 262 g/mol. The van der Waals surface area contributed by atoms with E-state index in [2.05, 4.69) is 35.8 Å². The minimum atomic E-state index is 0.0962. The van der Waals surface area contributed by atoms with Crippen LogP contribution in [0.2, 0.25) is 0 Å². The zero-order chi connectivity index (χ0) is 12.5. The van der Waals surface area contributed by atoms with Gasteiger partial charge in [0.05, 0.1) is 11.4 Å². The van der Waals surface area contributed by atoms with Crippen molar-refractivity contribution in [2.24, 2.45) is 5.92 Å². The number of carbonyl (C=O) groups is 1. The van der Waals surface area contributed by atoms with Gasteiger partial charge in [-0.05, 0) is 37.0 Å². The number of amides is 1. The van der Waals surface area contributed by atoms with E-state index in [1.165, 1.54) is 24.2 Å². The van der Waals surface area contributed by atoms with E-state index in [-0.39, 0.29) is 5.91 Å². The molecule has 1 aromatic carbocycles. The van der Waals surface area contributed by atoms with E-state index < -0.39 is 0 Å². The molecule has 2 unspecified atom stereocenters. The zero-order valence-electron chi connectivity index (χ0n) is 10.5. The molecule has 2 aliphatic rings. The van der Waals surface area contributed by atoms with Gasteiger partial charge in [-0.1, -0.05) is 13.3 Å². The number of fused-ring (bicyclic) bond motifs is 1. The van der Waals surface area contributed by atoms with Crippen LogP contribution in [0.15, 0.2) is 23.1 Å². The molecule has 18 heavy (non-hydrogen) atoms. The molecule has 96 valence electrons. The van der Waals surface area contributed by atoms with Gasteiger partial charge >= 0.3 is 0 Å². The summed E-state index contributed by atoms with van der Waals surface area (Å²) in [4.78, 5) is 12.5. The standard InChI is InChI=1S/C14H18N2OS/c1-9-3-2-4-11(9)15-10-5-6-13-12(7-10)16-14(17)8-18-13/h5-7,9,11,15H,2-4,8H2,1H3,(H,16,17). The molecule has 1 heterocycles. The Kier molecular flexibility index (Phi) is 3.20. The lowest BCUT2D eigenvalue weighted by Crippen LogP contribution is -2.22. The van der Waals surface area contributed by atoms with Crippen molar-refractivity contribution in [2.75, 3.05) is 16.4 Å². The molecule has 2 N–H and O–H groups in total. The summed E-state index contributed by atoms with van der Waals surface area (Å²) in [6.45, 7) is 2.31. The predicted molar refractivity (Wildman–Crippen MR) is 76.2 cm³/mol. The zero-order valence-corrected chi connectivity index (χ0v) is 11.3. The molecule has 1 aromatic rings. The van der Waals surface area contributed by atoms with Gasteiger partial charge in [-0.2, -0.15) is 0 Å². The van der Waals surface area contributed by atoms with Gasteiger partial charge in [0.1, 0.15) is 0 Å². The molecule has 0 saturated heterocycles. The third-order valence-electron chi connectivity index (χ3n) is 3.83. The van der Waals surface area contributed by atoms with Crippen LogP contribution in [0, 0.1) is 5.92 Å². The number of nitrogens with one attached hydrogen (secondary N) is 2. The highest BCUT2D eigenvalue weighted by atomic mass is 32.2. The number of thioether (sulfide) groups is 1. The molecule has 0 aromatic heterocycles. The first-order valence-electron chi connectivity index (χ1n) is 6.55. The number of rotatable bonds is 2. The Bertz CT molecular complexity index is 475. The maximum absolute atomic E-state index is 11.4. The molecular weight excluding hydrogens is 244 g/mol. The van der Waals surface area contributed by atoms with Gasteiger partial charge in [-0.15, -0.1) is 11.8 Å². The SMILES string of the molecule is CC1CCCC1Nc1ccc2c(c1)NC(=O)CS2. The lowest BCUT2D eigenvalue weighted by atomic mass is 10.1. The highest BCUT2D eigenvalue weighted by Gasteiger charge is 2.23. The molecule has 1 fully saturated rings. The summed E-state index contributed by atoms with van der Waals surface area (Å²) in [5, 5.41) is 6.53. The van der Waals surface area contributed by atoms with Crippen molar-refractivity contribution in [3.63, 3.8) is 0 Å². The van der Waals surface area contributed by atoms with Gasteiger partial charge in [-0.25, -0.2) is 0 Å². The van der Waals surface area contributed by atoms with Crippen LogP contribution in [0.1, 0.15) is 26.2 Å². The first kappa shape index (κ1) is 11.9. The van der Waals surface area contributed by atoms with Crippen molar-refractivity contribution in [3.05, 3.63) is 18.2 Å². The van der Waals surface area contributed by atoms with Gasteiger partial charge in [0.25, 0.3) is 0 Å². The summed E-state index contributed by atoms with van der Waals surface area (Å²) in [6, 6.07) is 6.86. The molecule has 1 aliphatic carbocycles. The van der Waals surface area contributed by atoms with Crippen LogP contribution in [-0.4, -0.2) is 17.7 Å². The van der Waals surface area contributed by atoms with Gasteiger partial charge in [0.15, 0.2) is 0 Å². The lowest BCUT2D eigenvalue weighted by Gasteiger charge is -2.21. The summed E-state index contributed by atoms with van der Waals surface area (Å²) in [5.74, 6) is 1.36. The van der Waals surface area contributed by atoms with E-state index in [9.17, 15) is 4.79 Å². The minimum Gasteiger partial charge on any atom is -0.382 e. The first-order chi connectivity index (χ1) is 8.72. The Labute approximate surface area is 112 Å². The second kappa shape index (κ2) is 4.84. The van der Waals surface area contributed by atoms with E-state index >= 15 is 0 Å². The number of hydrogen-bond acceptors (Lipinski definition) is 3. The molecule has 3 nitrogen and oxygen atoms in total. The average molecular weight is 262 g/mol. The number of benzene rings is 1. The van der Waals surface area contributed by atoms with Gasteiger partial charge in [0.2, 0.25) is 5.91 Å². The number of hydrogen-bond donors (Lipinski definition) is 2. The largest absolute Gasteiger partial charge is 0.382 e. The molecular formula is C14H18N2OS. The molecule has 1 saturated carbocycles. The van der Waals surface area contributed by atoms with Crippen LogP contribution in [0.4, 0.5) is 11.4 Å². The maximum atomic E-state index is 11.4. The van der Waals surface area contributed by atoms with Crippen molar-refractivity contribution in [3.8, 4) is 0 Å². The first-order valence-corrected chi connectivity index (χ1v) is 7.54. The Balaban J connectivity index is 1.77. The van der Waals surface area contributed by atoms with Crippen molar-refractivity contribution in [1.82, 2.24) is 0 Å². The van der Waals surface area contributed by atoms with E-state index in [4.69, 9.17) is 0 Å². The molecule has 3 rings (SSSR count). The summed E-state index contributed by atoms with van der Waals surface area (Å²) >= 11 is 1.61. The highest BCUT2D eigenvalue weighted by Crippen LogP contribution is 2.35. The maximum Gasteiger partial charge on any atom is 0.234 e. The fraction of sp³-hybridized carbons (Fsp3) is 0.500. The molecule has 0 bridgehead atoms. The average Bonchev–Trinajstić information content (AvgIpc) is 2.74. The second-order valence-electron chi connectivity index (χ2n) is 5.21. The highest BCUT2D eigenvalue weighted by molar-refractivity contribution is 8.00. The fourth-order valence-electron chi connectivity index (χ4n) is 2.75. The van der Waals surface area contributed by atoms with E-state index in [1.54, 1.807) is 11.8 Å². The Morgan fingerprint density at radius 3 is 3.06 bits per heavy atom. The molecule has 0 radical (unpaired) electrons. The normalized spacial score (nSPS) is 26.6. The van der Waals surface area contributed by atoms with Crippen LogP contribution in [0.3, 0.4) is 0 Å². The number of carbonyl (C=O) groups excluding carboxylic acids is 1. The predicted octanol–water partition coefficient (Wildman–Crippen LogP) is 3.33. The van der Waals surface area contributed by atoms with Crippen LogP contribution in [0.25, 0.3) is 0 Å². The quantitative estimate of drug-likeness (QED) is 0.859. The summed E-state index contributed by atoms with van der Waals surface area (Å²) in [7, 11) is 0. The summed E-state index contributed by atoms with van der Waals surface area (Å²) < 4.78 is 0. The molecule has 1 amide bonds. The van der Waals surface area contributed by atoms with Crippen LogP contribution < -0.4 is 10.6 Å². The van der Waals surface area contributed by atoms with Crippen LogP contribution >= 0.6 is 11.8 Å². The third-order valence-corrected chi connectivity index (χ3v) is 4.90. The smallest absolute Gasteiger partial charge is 0.234 e. The van der Waals surface area contributed by atoms with E-state index in [0.29, 0.717) is 11.8 Å². The van der Waals surface area contributed by atoms with Gasteiger partial charge < -0.3 is 10.6 Å². The van der Waals surface area contributed by atoms with Crippen molar-refractivity contribution in [1.29, 1.82) is 0 Å². The van der Waals surface area contributed by atoms with Gasteiger partial charge in [-0.3, -0.25) is 4.79 Å². The van der Waals surface area contributed by atoms with Crippen LogP contribution in [-0.2, 0) is 4.79 Å². The Morgan fingerprint density at radius 2 is 2.28 bits per heavy atom. The molecule has 4 heteroatoms. The lowest BCUT2D eigenvalue weighted by molar-refractivity contribution is -0.113. The number of anilines is 2. The molecule has 1 aliphatic heterocycles. The molecule has 0 spiro atoms. The summed E-state index contributed by atoms with van der Waals surface area (Å²) in [6.07, 6.45) is 3.88. The Morgan fingerprint density at radius 1 is 1.39 bits per heavy atom. The van der Waals surface area contributed by atoms with Gasteiger partial charge in [0, 0.05) is 16.6 Å². The fourth-order valence-corrected chi connectivity index (χ4v) is 3.54. The summed E-state index contributed by atoms with van der Waals surface area (Å²) in [5.41, 5.74) is 2.07. The van der Waals surface area contributed by atoms with Crippen molar-refractivity contribution in [2.45, 2.75) is 37.1 Å². The van der Waals surface area contributed by atoms with E-state index in [1.807, 2.05) is 0 Å². The molecule has 2 atom stereocenters. The van der Waals surface area contributed by atoms with E-state index in [0.717, 1.165) is 17.3 Å². The Hall–Kier alpha value is -1.16. The van der Waals surface area contributed by atoms with Crippen LogP contribution in [0.5, 0.6) is 0 Å². The topological polar surface area (TPSA) is 41.1 Å². The second-order valence-corrected chi connectivity index (χ2v) is 6.22. The van der Waals surface area contributed by atoms with Crippen molar-refractivity contribution < 1.29 is 4.79 Å².